The minimum absolute atomic E-state index is 0.194. The van der Waals surface area contributed by atoms with Crippen LogP contribution in [0.25, 0.3) is 22.3 Å². The van der Waals surface area contributed by atoms with Gasteiger partial charge in [0, 0.05) is 41.9 Å². The summed E-state index contributed by atoms with van der Waals surface area (Å²) in [7, 11) is 9.53. The topological polar surface area (TPSA) is 19.4 Å². The van der Waals surface area contributed by atoms with Crippen molar-refractivity contribution < 1.29 is 17.6 Å². The molecule has 0 N–H and O–H groups in total. The first-order valence-electron chi connectivity index (χ1n) is 9.27. The van der Waals surface area contributed by atoms with Crippen molar-refractivity contribution in [1.82, 2.24) is 4.58 Å². The van der Waals surface area contributed by atoms with Crippen LogP contribution in [0.1, 0.15) is 27.7 Å². The monoisotopic (exact) mass is 449 g/mol. The normalized spacial score (nSPS) is 10.6. The first kappa shape index (κ1) is 22.1. The average Bonchev–Trinajstić information content (AvgIpc) is 2.69. The Balaban J connectivity index is 0.000000817. The van der Waals surface area contributed by atoms with E-state index in [2.05, 4.69) is 79.6 Å². The molecule has 0 aromatic heterocycles. The van der Waals surface area contributed by atoms with Gasteiger partial charge in [-0.2, -0.15) is 0 Å². The second-order valence-electron chi connectivity index (χ2n) is 6.09. The van der Waals surface area contributed by atoms with Crippen molar-refractivity contribution in [3.8, 4) is 11.3 Å². The van der Waals surface area contributed by atoms with E-state index in [1.54, 1.807) is 0 Å². The van der Waals surface area contributed by atoms with Gasteiger partial charge in [-0.25, -0.2) is 4.58 Å². The van der Waals surface area contributed by atoms with Gasteiger partial charge >= 0.3 is 33.3 Å². The fourth-order valence-electron chi connectivity index (χ4n) is 3.32. The first-order valence-corrected chi connectivity index (χ1v) is 12.3. The standard InChI is InChI=1S/C21H27N2O.2ClH.Fe/c1-5-22(6-2)18-11-9-16-13-17-10-12-19(23(7-3)8-4)15-21(17)24-20(16)14-18;;;/h9-15H,5-8H2,1-4H3;2*1H;/q+1;;;+3/p-2. The second-order valence-corrected chi connectivity index (χ2v) is 7.91. The van der Waals surface area contributed by atoms with E-state index in [0.29, 0.717) is 0 Å². The molecule has 0 saturated heterocycles. The van der Waals surface area contributed by atoms with Crippen LogP contribution in [0.3, 0.4) is 0 Å². The molecule has 27 heavy (non-hydrogen) atoms. The van der Waals surface area contributed by atoms with Crippen molar-refractivity contribution in [2.45, 2.75) is 27.7 Å². The van der Waals surface area contributed by atoms with Gasteiger partial charge in [-0.3, -0.25) is 0 Å². The van der Waals surface area contributed by atoms with Gasteiger partial charge in [0.05, 0.1) is 6.07 Å². The molecule has 3 nitrogen and oxygen atoms in total. The van der Waals surface area contributed by atoms with E-state index >= 15 is 0 Å². The summed E-state index contributed by atoms with van der Waals surface area (Å²) < 4.78 is 8.59. The molecular weight excluding hydrogens is 423 g/mol. The number of rotatable bonds is 5. The predicted octanol–water partition coefficient (Wildman–Crippen LogP) is 5.57. The van der Waals surface area contributed by atoms with Crippen molar-refractivity contribution >= 4 is 36.9 Å². The maximum absolute atomic E-state index is 6.25. The van der Waals surface area contributed by atoms with Crippen LogP contribution in [0.15, 0.2) is 46.9 Å². The average molecular weight is 450 g/mol. The molecule has 1 aromatic carbocycles. The minimum atomic E-state index is 0.194. The summed E-state index contributed by atoms with van der Waals surface area (Å²) >= 11 is 0.194. The third kappa shape index (κ3) is 5.42. The molecule has 0 fully saturated rings. The first-order chi connectivity index (χ1) is 13.1. The molecule has 3 rings (SSSR count). The van der Waals surface area contributed by atoms with E-state index in [1.807, 2.05) is 0 Å². The molecule has 0 saturated carbocycles. The number of hydrogen-bond acceptors (Lipinski definition) is 2. The van der Waals surface area contributed by atoms with Crippen LogP contribution < -0.4 is 14.8 Å². The SMILES string of the molecule is CCN(CC)c1ccc2cc3ccc(=[N+](CC)CC)cc-3oc2c1.[Cl][Fe+][Cl]. The van der Waals surface area contributed by atoms with Crippen molar-refractivity contribution in [1.29, 1.82) is 0 Å². The van der Waals surface area contributed by atoms with Crippen molar-refractivity contribution in [3.05, 3.63) is 47.8 Å². The molecule has 0 radical (unpaired) electrons. The van der Waals surface area contributed by atoms with Gasteiger partial charge in [-0.1, -0.05) is 0 Å². The Kier molecular flexibility index (Phi) is 8.98. The van der Waals surface area contributed by atoms with E-state index in [-0.39, 0.29) is 13.1 Å². The van der Waals surface area contributed by atoms with Gasteiger partial charge in [0.2, 0.25) is 5.36 Å². The van der Waals surface area contributed by atoms with E-state index in [0.717, 1.165) is 48.5 Å². The predicted molar refractivity (Wildman–Crippen MR) is 114 cm³/mol. The molecule has 1 aliphatic heterocycles. The van der Waals surface area contributed by atoms with Gasteiger partial charge in [-0.05, 0) is 52.0 Å². The maximum atomic E-state index is 6.25. The van der Waals surface area contributed by atoms with Gasteiger partial charge in [0.1, 0.15) is 24.4 Å². The van der Waals surface area contributed by atoms with Crippen LogP contribution in [0.5, 0.6) is 0 Å². The molecule has 0 spiro atoms. The Morgan fingerprint density at radius 2 is 1.59 bits per heavy atom. The zero-order valence-electron chi connectivity index (χ0n) is 16.3. The van der Waals surface area contributed by atoms with Crippen LogP contribution >= 0.6 is 20.2 Å². The molecule has 0 amide bonds. The van der Waals surface area contributed by atoms with Crippen molar-refractivity contribution in [2.24, 2.45) is 0 Å². The Morgan fingerprint density at radius 1 is 0.926 bits per heavy atom. The molecular formula is C21H27Cl2FeN2O+2. The summed E-state index contributed by atoms with van der Waals surface area (Å²) in [4.78, 5) is 2.34. The number of benzene rings is 2. The molecule has 1 aromatic rings. The molecule has 147 valence electrons. The van der Waals surface area contributed by atoms with Gasteiger partial charge in [-0.15, -0.1) is 0 Å². The number of nitrogens with zero attached hydrogens (tertiary/aromatic N) is 2. The summed E-state index contributed by atoms with van der Waals surface area (Å²) in [6, 6.07) is 15.2. The molecule has 1 heterocycles. The zero-order chi connectivity index (χ0) is 19.8. The summed E-state index contributed by atoms with van der Waals surface area (Å²) in [5, 5.41) is 2.37. The van der Waals surface area contributed by atoms with Gasteiger partial charge < -0.3 is 9.32 Å². The molecule has 2 aliphatic rings. The molecule has 0 unspecified atom stereocenters. The molecule has 0 atom stereocenters. The quantitative estimate of drug-likeness (QED) is 0.288. The van der Waals surface area contributed by atoms with E-state index < -0.39 is 0 Å². The number of anilines is 1. The van der Waals surface area contributed by atoms with Crippen LogP contribution in [0.4, 0.5) is 5.69 Å². The third-order valence-corrected chi connectivity index (χ3v) is 4.78. The van der Waals surface area contributed by atoms with Crippen LogP contribution in [-0.4, -0.2) is 26.2 Å². The Hall–Kier alpha value is -1.19. The van der Waals surface area contributed by atoms with Gasteiger partial charge in [0.15, 0.2) is 0 Å². The Morgan fingerprint density at radius 3 is 2.19 bits per heavy atom. The number of fused-ring (bicyclic) bond motifs is 2. The second kappa shape index (κ2) is 11.0. The molecule has 0 bridgehead atoms. The van der Waals surface area contributed by atoms with Crippen LogP contribution in [-0.2, 0) is 13.1 Å². The van der Waals surface area contributed by atoms with E-state index in [4.69, 9.17) is 24.6 Å². The van der Waals surface area contributed by atoms with Crippen molar-refractivity contribution in [2.75, 3.05) is 31.1 Å². The Bertz CT molecular complexity index is 900. The van der Waals surface area contributed by atoms with Gasteiger partial charge in [0.25, 0.3) is 0 Å². The summed E-state index contributed by atoms with van der Waals surface area (Å²) in [5.74, 6) is 0.948. The third-order valence-electron chi connectivity index (χ3n) is 4.78. The molecule has 1 aliphatic carbocycles. The summed E-state index contributed by atoms with van der Waals surface area (Å²) in [6.07, 6.45) is 0. The van der Waals surface area contributed by atoms with E-state index in [9.17, 15) is 0 Å². The summed E-state index contributed by atoms with van der Waals surface area (Å²) in [5.41, 5.74) is 3.31. The summed E-state index contributed by atoms with van der Waals surface area (Å²) in [6.45, 7) is 12.7. The zero-order valence-corrected chi connectivity index (χ0v) is 18.9. The fourth-order valence-corrected chi connectivity index (χ4v) is 3.32. The fraction of sp³-hybridized carbons (Fsp3) is 0.381. The number of hydrogen-bond donors (Lipinski definition) is 0. The number of halogens is 2. The van der Waals surface area contributed by atoms with Crippen LogP contribution in [0.2, 0.25) is 0 Å². The Labute approximate surface area is 176 Å². The van der Waals surface area contributed by atoms with Crippen molar-refractivity contribution in [3.63, 3.8) is 0 Å². The van der Waals surface area contributed by atoms with Crippen LogP contribution in [0, 0.1) is 0 Å². The molecule has 6 heteroatoms. The van der Waals surface area contributed by atoms with E-state index in [1.165, 1.54) is 11.0 Å².